The van der Waals surface area contributed by atoms with Crippen LogP contribution >= 0.6 is 0 Å². The van der Waals surface area contributed by atoms with Gasteiger partial charge in [-0.25, -0.2) is 4.79 Å². The number of carboxylic acids is 1. The van der Waals surface area contributed by atoms with Gasteiger partial charge < -0.3 is 20.5 Å². The van der Waals surface area contributed by atoms with E-state index in [4.69, 9.17) is 4.74 Å². The lowest BCUT2D eigenvalue weighted by Crippen LogP contribution is -2.48. The summed E-state index contributed by atoms with van der Waals surface area (Å²) in [4.78, 5) is 36.7. The lowest BCUT2D eigenvalue weighted by molar-refractivity contribution is -0.144. The zero-order valence-electron chi connectivity index (χ0n) is 19.2. The lowest BCUT2D eigenvalue weighted by Gasteiger charge is -2.29. The molecule has 0 aromatic heterocycles. The highest BCUT2D eigenvalue weighted by Gasteiger charge is 2.51. The summed E-state index contributed by atoms with van der Waals surface area (Å²) < 4.78 is 5.55. The predicted octanol–water partition coefficient (Wildman–Crippen LogP) is 3.92. The summed E-state index contributed by atoms with van der Waals surface area (Å²) in [7, 11) is 0. The van der Waals surface area contributed by atoms with Crippen LogP contribution in [0.3, 0.4) is 0 Å². The fourth-order valence-electron chi connectivity index (χ4n) is 6.27. The first-order chi connectivity index (χ1) is 16.4. The maximum atomic E-state index is 12.6. The number of hydrogen-bond acceptors (Lipinski definition) is 4. The average molecular weight is 463 g/mol. The first kappa shape index (κ1) is 22.4. The van der Waals surface area contributed by atoms with Gasteiger partial charge in [0.15, 0.2) is 0 Å². The van der Waals surface area contributed by atoms with Crippen molar-refractivity contribution in [3.8, 4) is 11.1 Å². The van der Waals surface area contributed by atoms with Crippen molar-refractivity contribution in [2.75, 3.05) is 6.61 Å². The number of carboxylic acid groups (broad SMARTS) is 1. The van der Waals surface area contributed by atoms with E-state index < -0.39 is 24.0 Å². The van der Waals surface area contributed by atoms with Crippen LogP contribution in [-0.4, -0.2) is 41.8 Å². The molecule has 0 heterocycles. The molecule has 2 bridgehead atoms. The predicted molar refractivity (Wildman–Crippen MR) is 126 cm³/mol. The van der Waals surface area contributed by atoms with Crippen LogP contribution in [0.4, 0.5) is 4.79 Å². The molecule has 7 heteroatoms. The Kier molecular flexibility index (Phi) is 6.02. The fraction of sp³-hybridized carbons (Fsp3) is 0.444. The summed E-state index contributed by atoms with van der Waals surface area (Å²) in [6, 6.07) is 15.5. The second-order valence-corrected chi connectivity index (χ2v) is 9.87. The van der Waals surface area contributed by atoms with E-state index in [9.17, 15) is 19.5 Å². The molecule has 178 valence electrons. The molecule has 2 amide bonds. The number of nitrogens with one attached hydrogen (secondary N) is 2. The number of fused-ring (bicyclic) bond motifs is 5. The normalized spacial score (nSPS) is 25.3. The van der Waals surface area contributed by atoms with Gasteiger partial charge in [-0.15, -0.1) is 0 Å². The quantitative estimate of drug-likeness (QED) is 0.579. The summed E-state index contributed by atoms with van der Waals surface area (Å²) in [6.45, 7) is 1.96. The third-order valence-electron chi connectivity index (χ3n) is 7.73. The van der Waals surface area contributed by atoms with Crippen LogP contribution in [0.15, 0.2) is 48.5 Å². The van der Waals surface area contributed by atoms with Crippen molar-refractivity contribution in [1.29, 1.82) is 0 Å². The molecule has 0 radical (unpaired) electrons. The number of carbonyl (C=O) groups is 3. The average Bonchev–Trinajstić information content (AvgIpc) is 3.49. The van der Waals surface area contributed by atoms with Crippen molar-refractivity contribution in [3.05, 3.63) is 59.7 Å². The van der Waals surface area contributed by atoms with Crippen LogP contribution < -0.4 is 10.6 Å². The molecule has 2 fully saturated rings. The van der Waals surface area contributed by atoms with Gasteiger partial charge in [0.25, 0.3) is 0 Å². The van der Waals surface area contributed by atoms with Gasteiger partial charge in [-0.05, 0) is 60.3 Å². The van der Waals surface area contributed by atoms with E-state index in [1.165, 1.54) is 0 Å². The number of benzene rings is 2. The van der Waals surface area contributed by atoms with E-state index in [2.05, 4.69) is 34.9 Å². The van der Waals surface area contributed by atoms with E-state index in [0.717, 1.165) is 41.5 Å². The third kappa shape index (κ3) is 4.15. The highest BCUT2D eigenvalue weighted by Crippen LogP contribution is 2.48. The third-order valence-corrected chi connectivity index (χ3v) is 7.73. The number of alkyl carbamates (subject to hydrolysis) is 1. The van der Waals surface area contributed by atoms with Crippen molar-refractivity contribution in [1.82, 2.24) is 10.6 Å². The number of amides is 2. The molecule has 7 nitrogen and oxygen atoms in total. The Morgan fingerprint density at radius 2 is 1.62 bits per heavy atom. The van der Waals surface area contributed by atoms with Crippen molar-refractivity contribution in [3.63, 3.8) is 0 Å². The Hall–Kier alpha value is -3.35. The van der Waals surface area contributed by atoms with E-state index in [1.54, 1.807) is 6.92 Å². The number of carbonyl (C=O) groups excluding carboxylic acids is 2. The standard InChI is InChI=1S/C27H30N2O5/c1-15(12-23(30)29-25-17-11-10-16(13-17)24(25)26(31)32)28-27(33)34-14-22-20-8-4-2-6-18(20)19-7-3-5-9-21(19)22/h2-9,15-17,22,24-25H,10-14H2,1H3,(H,28,33)(H,29,30)(H,31,32). The summed E-state index contributed by atoms with van der Waals surface area (Å²) in [5.41, 5.74) is 4.61. The minimum atomic E-state index is -0.831. The molecule has 5 rings (SSSR count). The maximum absolute atomic E-state index is 12.6. The largest absolute Gasteiger partial charge is 0.481 e. The molecule has 5 atom stereocenters. The van der Waals surface area contributed by atoms with Crippen LogP contribution in [0.2, 0.25) is 0 Å². The van der Waals surface area contributed by atoms with Crippen molar-refractivity contribution < 1.29 is 24.2 Å². The molecule has 0 saturated heterocycles. The Morgan fingerprint density at radius 1 is 1.00 bits per heavy atom. The summed E-state index contributed by atoms with van der Waals surface area (Å²) in [5, 5.41) is 15.2. The Bertz CT molecular complexity index is 1070. The number of aliphatic carboxylic acids is 1. The van der Waals surface area contributed by atoms with E-state index in [0.29, 0.717) is 0 Å². The molecule has 2 aromatic carbocycles. The molecule has 3 aliphatic rings. The number of ether oxygens (including phenoxy) is 1. The number of hydrogen-bond donors (Lipinski definition) is 3. The van der Waals surface area contributed by atoms with Crippen molar-refractivity contribution in [2.45, 2.75) is 50.6 Å². The molecular formula is C27H30N2O5. The maximum Gasteiger partial charge on any atom is 0.407 e. The molecule has 0 spiro atoms. The first-order valence-corrected chi connectivity index (χ1v) is 12.1. The SMILES string of the molecule is CC(CC(=O)NC1C2CCC(C2)C1C(=O)O)NC(=O)OCC1c2ccccc2-c2ccccc21. The number of rotatable bonds is 7. The van der Waals surface area contributed by atoms with Gasteiger partial charge in [0.05, 0.1) is 5.92 Å². The molecule has 2 aromatic rings. The molecule has 3 aliphatic carbocycles. The zero-order valence-corrected chi connectivity index (χ0v) is 19.2. The molecule has 2 saturated carbocycles. The summed E-state index contributed by atoms with van der Waals surface area (Å²) >= 11 is 0. The minimum Gasteiger partial charge on any atom is -0.481 e. The van der Waals surface area contributed by atoms with Gasteiger partial charge in [-0.2, -0.15) is 0 Å². The summed E-state index contributed by atoms with van der Waals surface area (Å²) in [5.74, 6) is -1.21. The Morgan fingerprint density at radius 3 is 2.26 bits per heavy atom. The van der Waals surface area contributed by atoms with Crippen LogP contribution in [0.25, 0.3) is 11.1 Å². The smallest absolute Gasteiger partial charge is 0.407 e. The molecule has 34 heavy (non-hydrogen) atoms. The van der Waals surface area contributed by atoms with E-state index >= 15 is 0 Å². The van der Waals surface area contributed by atoms with Crippen LogP contribution in [0, 0.1) is 17.8 Å². The lowest BCUT2D eigenvalue weighted by atomic mass is 9.84. The zero-order chi connectivity index (χ0) is 23.8. The molecule has 3 N–H and O–H groups in total. The van der Waals surface area contributed by atoms with Crippen LogP contribution in [-0.2, 0) is 14.3 Å². The highest BCUT2D eigenvalue weighted by atomic mass is 16.5. The van der Waals surface area contributed by atoms with Gasteiger partial charge in [0.2, 0.25) is 5.91 Å². The topological polar surface area (TPSA) is 105 Å². The second kappa shape index (κ2) is 9.12. The first-order valence-electron chi connectivity index (χ1n) is 12.1. The minimum absolute atomic E-state index is 0.0255. The monoisotopic (exact) mass is 462 g/mol. The fourth-order valence-corrected chi connectivity index (χ4v) is 6.27. The van der Waals surface area contributed by atoms with Crippen molar-refractivity contribution >= 4 is 18.0 Å². The second-order valence-electron chi connectivity index (χ2n) is 9.87. The van der Waals surface area contributed by atoms with Crippen LogP contribution in [0.5, 0.6) is 0 Å². The highest BCUT2D eigenvalue weighted by molar-refractivity contribution is 5.80. The Balaban J connectivity index is 1.13. The van der Waals surface area contributed by atoms with Gasteiger partial charge in [0.1, 0.15) is 6.61 Å². The molecule has 5 unspecified atom stereocenters. The van der Waals surface area contributed by atoms with Gasteiger partial charge in [-0.1, -0.05) is 48.5 Å². The van der Waals surface area contributed by atoms with E-state index in [-0.39, 0.29) is 42.7 Å². The van der Waals surface area contributed by atoms with Gasteiger partial charge >= 0.3 is 12.1 Å². The van der Waals surface area contributed by atoms with E-state index in [1.807, 2.05) is 24.3 Å². The molecular weight excluding hydrogens is 432 g/mol. The molecule has 0 aliphatic heterocycles. The van der Waals surface area contributed by atoms with Gasteiger partial charge in [0, 0.05) is 24.4 Å². The Labute approximate surface area is 198 Å². The summed E-state index contributed by atoms with van der Waals surface area (Å²) in [6.07, 6.45) is 2.27. The van der Waals surface area contributed by atoms with Gasteiger partial charge in [-0.3, -0.25) is 9.59 Å². The van der Waals surface area contributed by atoms with Crippen molar-refractivity contribution in [2.24, 2.45) is 17.8 Å². The van der Waals surface area contributed by atoms with Crippen LogP contribution in [0.1, 0.15) is 49.7 Å².